The molecule has 0 aliphatic rings. The summed E-state index contributed by atoms with van der Waals surface area (Å²) in [7, 11) is 1.51. The lowest BCUT2D eigenvalue weighted by Gasteiger charge is -2.11. The summed E-state index contributed by atoms with van der Waals surface area (Å²) in [6.45, 7) is -0.213. The number of carbonyl (C=O) groups is 3. The van der Waals surface area contributed by atoms with E-state index < -0.39 is 11.9 Å². The number of hydrogen-bond acceptors (Lipinski definition) is 5. The predicted octanol–water partition coefficient (Wildman–Crippen LogP) is 2.52. The van der Waals surface area contributed by atoms with Gasteiger partial charge in [0, 0.05) is 17.8 Å². The first kappa shape index (κ1) is 19.8. The molecule has 0 radical (unpaired) electrons. The van der Waals surface area contributed by atoms with Crippen molar-refractivity contribution in [1.82, 2.24) is 0 Å². The van der Waals surface area contributed by atoms with Crippen molar-refractivity contribution in [2.75, 3.05) is 24.4 Å². The Kier molecular flexibility index (Phi) is 7.18. The van der Waals surface area contributed by atoms with Crippen molar-refractivity contribution in [3.05, 3.63) is 48.5 Å². The summed E-state index contributed by atoms with van der Waals surface area (Å²) >= 11 is 0. The number of carboxylic acid groups (broad SMARTS) is 1. The van der Waals surface area contributed by atoms with Gasteiger partial charge >= 0.3 is 5.97 Å². The lowest BCUT2D eigenvalue weighted by Crippen LogP contribution is -2.20. The Morgan fingerprint density at radius 1 is 0.889 bits per heavy atom. The van der Waals surface area contributed by atoms with Crippen LogP contribution in [0.3, 0.4) is 0 Å². The maximum absolute atomic E-state index is 12.1. The molecule has 0 spiro atoms. The van der Waals surface area contributed by atoms with Gasteiger partial charge in [-0.1, -0.05) is 18.2 Å². The van der Waals surface area contributed by atoms with Gasteiger partial charge in [0.15, 0.2) is 18.1 Å². The molecular weight excluding hydrogens is 352 g/mol. The minimum Gasteiger partial charge on any atom is -0.493 e. The van der Waals surface area contributed by atoms with Crippen molar-refractivity contribution < 1.29 is 29.0 Å². The summed E-state index contributed by atoms with van der Waals surface area (Å²) in [6.07, 6.45) is -0.374. The Bertz CT molecular complexity index is 821. The van der Waals surface area contributed by atoms with E-state index in [4.69, 9.17) is 14.6 Å². The van der Waals surface area contributed by atoms with Gasteiger partial charge in [-0.3, -0.25) is 14.4 Å². The van der Waals surface area contributed by atoms with Crippen LogP contribution in [0.4, 0.5) is 11.4 Å². The molecule has 0 aliphatic carbocycles. The molecule has 8 nitrogen and oxygen atoms in total. The normalized spacial score (nSPS) is 9.96. The van der Waals surface area contributed by atoms with Crippen LogP contribution < -0.4 is 20.1 Å². The van der Waals surface area contributed by atoms with Crippen LogP contribution >= 0.6 is 0 Å². The van der Waals surface area contributed by atoms with Crippen molar-refractivity contribution >= 4 is 29.2 Å². The first-order valence-electron chi connectivity index (χ1n) is 8.15. The molecule has 2 amide bonds. The van der Waals surface area contributed by atoms with Gasteiger partial charge < -0.3 is 25.2 Å². The molecule has 27 heavy (non-hydrogen) atoms. The van der Waals surface area contributed by atoms with E-state index in [0.29, 0.717) is 22.9 Å². The SMILES string of the molecule is COc1ccccc1OCC(=O)Nc1cccc(NC(=O)CCC(=O)O)c1. The molecule has 0 unspecified atom stereocenters. The maximum atomic E-state index is 12.1. The monoisotopic (exact) mass is 372 g/mol. The average Bonchev–Trinajstić information content (AvgIpc) is 2.65. The Morgan fingerprint density at radius 2 is 1.52 bits per heavy atom. The van der Waals surface area contributed by atoms with Gasteiger partial charge in [-0.05, 0) is 30.3 Å². The largest absolute Gasteiger partial charge is 0.493 e. The van der Waals surface area contributed by atoms with Crippen LogP contribution in [-0.4, -0.2) is 36.6 Å². The van der Waals surface area contributed by atoms with Gasteiger partial charge in [-0.15, -0.1) is 0 Å². The third-order valence-electron chi connectivity index (χ3n) is 3.42. The van der Waals surface area contributed by atoms with Crippen molar-refractivity contribution in [1.29, 1.82) is 0 Å². The second-order valence-corrected chi connectivity index (χ2v) is 5.51. The Labute approximate surface area is 156 Å². The average molecular weight is 372 g/mol. The highest BCUT2D eigenvalue weighted by atomic mass is 16.5. The number of para-hydroxylation sites is 2. The second kappa shape index (κ2) is 9.81. The zero-order chi connectivity index (χ0) is 19.6. The Hall–Kier alpha value is -3.55. The number of anilines is 2. The molecule has 8 heteroatoms. The number of rotatable bonds is 9. The molecule has 2 aromatic rings. The van der Waals surface area contributed by atoms with E-state index >= 15 is 0 Å². The molecule has 3 N–H and O–H groups in total. The fraction of sp³-hybridized carbons (Fsp3) is 0.211. The number of carbonyl (C=O) groups excluding carboxylic acids is 2. The summed E-state index contributed by atoms with van der Waals surface area (Å²) in [4.78, 5) is 34.2. The minimum atomic E-state index is -1.04. The molecule has 0 saturated carbocycles. The Balaban J connectivity index is 1.88. The fourth-order valence-corrected chi connectivity index (χ4v) is 2.20. The second-order valence-electron chi connectivity index (χ2n) is 5.51. The number of nitrogens with one attached hydrogen (secondary N) is 2. The molecular formula is C19H20N2O6. The summed E-state index contributed by atoms with van der Waals surface area (Å²) < 4.78 is 10.6. The van der Waals surface area contributed by atoms with E-state index in [0.717, 1.165) is 0 Å². The highest BCUT2D eigenvalue weighted by Gasteiger charge is 2.09. The summed E-state index contributed by atoms with van der Waals surface area (Å²) in [5, 5.41) is 13.8. The number of benzene rings is 2. The minimum absolute atomic E-state index is 0.126. The van der Waals surface area contributed by atoms with Crippen molar-refractivity contribution in [2.45, 2.75) is 12.8 Å². The molecule has 2 rings (SSSR count). The van der Waals surface area contributed by atoms with Gasteiger partial charge in [-0.25, -0.2) is 0 Å². The molecule has 0 bridgehead atoms. The Morgan fingerprint density at radius 3 is 2.15 bits per heavy atom. The van der Waals surface area contributed by atoms with Gasteiger partial charge in [0.1, 0.15) is 0 Å². The van der Waals surface area contributed by atoms with Crippen LogP contribution in [0.1, 0.15) is 12.8 Å². The van der Waals surface area contributed by atoms with Crippen LogP contribution in [0, 0.1) is 0 Å². The van der Waals surface area contributed by atoms with Gasteiger partial charge in [-0.2, -0.15) is 0 Å². The van der Waals surface area contributed by atoms with E-state index in [1.165, 1.54) is 7.11 Å². The molecule has 2 aromatic carbocycles. The van der Waals surface area contributed by atoms with E-state index in [2.05, 4.69) is 10.6 Å². The first-order chi connectivity index (χ1) is 13.0. The van der Waals surface area contributed by atoms with Crippen molar-refractivity contribution in [2.24, 2.45) is 0 Å². The molecule has 142 valence electrons. The van der Waals surface area contributed by atoms with Gasteiger partial charge in [0.2, 0.25) is 5.91 Å². The molecule has 0 aromatic heterocycles. The van der Waals surface area contributed by atoms with E-state index in [1.54, 1.807) is 48.5 Å². The van der Waals surface area contributed by atoms with Gasteiger partial charge in [0.05, 0.1) is 13.5 Å². The first-order valence-corrected chi connectivity index (χ1v) is 8.15. The highest BCUT2D eigenvalue weighted by molar-refractivity contribution is 5.95. The quantitative estimate of drug-likeness (QED) is 0.623. The fourth-order valence-electron chi connectivity index (χ4n) is 2.20. The standard InChI is InChI=1S/C19H20N2O6/c1-26-15-7-2-3-8-16(15)27-12-18(23)21-14-6-4-5-13(11-14)20-17(22)9-10-19(24)25/h2-8,11H,9-10,12H2,1H3,(H,20,22)(H,21,23)(H,24,25). The van der Waals surface area contributed by atoms with Crippen molar-refractivity contribution in [3.8, 4) is 11.5 Å². The third-order valence-corrected chi connectivity index (χ3v) is 3.42. The summed E-state index contributed by atoms with van der Waals surface area (Å²) in [5.41, 5.74) is 0.925. The third kappa shape index (κ3) is 6.69. The summed E-state index contributed by atoms with van der Waals surface area (Å²) in [5.74, 6) is -0.859. The maximum Gasteiger partial charge on any atom is 0.303 e. The number of hydrogen-bond donors (Lipinski definition) is 3. The number of methoxy groups -OCH3 is 1. The smallest absolute Gasteiger partial charge is 0.303 e. The molecule has 0 saturated heterocycles. The number of aliphatic carboxylic acids is 1. The van der Waals surface area contributed by atoms with E-state index in [9.17, 15) is 14.4 Å². The van der Waals surface area contributed by atoms with Gasteiger partial charge in [0.25, 0.3) is 5.91 Å². The number of amides is 2. The molecule has 0 heterocycles. The molecule has 0 fully saturated rings. The number of ether oxygens (including phenoxy) is 2. The van der Waals surface area contributed by atoms with Crippen molar-refractivity contribution in [3.63, 3.8) is 0 Å². The van der Waals surface area contributed by atoms with Crippen LogP contribution in [-0.2, 0) is 14.4 Å². The number of carboxylic acids is 1. The highest BCUT2D eigenvalue weighted by Crippen LogP contribution is 2.25. The zero-order valence-electron chi connectivity index (χ0n) is 14.7. The predicted molar refractivity (Wildman–Crippen MR) is 99.1 cm³/mol. The molecule has 0 atom stereocenters. The zero-order valence-corrected chi connectivity index (χ0v) is 14.7. The van der Waals surface area contributed by atoms with E-state index in [1.807, 2.05) is 0 Å². The lowest BCUT2D eigenvalue weighted by atomic mass is 10.2. The summed E-state index contributed by atoms with van der Waals surface area (Å²) in [6, 6.07) is 13.5. The van der Waals surface area contributed by atoms with Crippen LogP contribution in [0.15, 0.2) is 48.5 Å². The van der Waals surface area contributed by atoms with Crippen LogP contribution in [0.2, 0.25) is 0 Å². The van der Waals surface area contributed by atoms with Crippen LogP contribution in [0.25, 0.3) is 0 Å². The topological polar surface area (TPSA) is 114 Å². The van der Waals surface area contributed by atoms with E-state index in [-0.39, 0.29) is 25.4 Å². The lowest BCUT2D eigenvalue weighted by molar-refractivity contribution is -0.138. The molecule has 0 aliphatic heterocycles. The van der Waals surface area contributed by atoms with Crippen LogP contribution in [0.5, 0.6) is 11.5 Å².